The monoisotopic (exact) mass is 326 g/mol. The summed E-state index contributed by atoms with van der Waals surface area (Å²) in [5, 5.41) is 6.63. The summed E-state index contributed by atoms with van der Waals surface area (Å²) < 4.78 is 5.83. The van der Waals surface area contributed by atoms with Crippen LogP contribution in [0, 0.1) is 6.92 Å². The van der Waals surface area contributed by atoms with Crippen LogP contribution in [-0.2, 0) is 16.2 Å². The van der Waals surface area contributed by atoms with E-state index in [2.05, 4.69) is 10.5 Å². The number of ether oxygens (including phenoxy) is 1. The van der Waals surface area contributed by atoms with Gasteiger partial charge in [0, 0.05) is 12.1 Å². The Bertz CT molecular complexity index is 709. The van der Waals surface area contributed by atoms with Crippen molar-refractivity contribution in [3.8, 4) is 5.75 Å². The number of hydrogen-bond acceptors (Lipinski definition) is 4. The van der Waals surface area contributed by atoms with E-state index in [1.807, 2.05) is 62.4 Å². The number of nitrogens with one attached hydrogen (secondary N) is 1. The topological polar surface area (TPSA) is 59.9 Å². The second-order valence-electron chi connectivity index (χ2n) is 5.24. The van der Waals surface area contributed by atoms with Gasteiger partial charge in [-0.25, -0.2) is 0 Å². The van der Waals surface area contributed by atoms with Crippen molar-refractivity contribution in [2.45, 2.75) is 20.5 Å². The third-order valence-electron chi connectivity index (χ3n) is 3.42. The van der Waals surface area contributed by atoms with Crippen LogP contribution in [0.25, 0.3) is 0 Å². The van der Waals surface area contributed by atoms with Crippen LogP contribution in [0.1, 0.15) is 23.6 Å². The van der Waals surface area contributed by atoms with Gasteiger partial charge in [0.15, 0.2) is 5.71 Å². The lowest BCUT2D eigenvalue weighted by molar-refractivity contribution is -0.114. The Morgan fingerprint density at radius 2 is 1.83 bits per heavy atom. The molecule has 1 N–H and O–H groups in total. The molecule has 2 aromatic carbocycles. The molecule has 0 saturated carbocycles. The van der Waals surface area contributed by atoms with Gasteiger partial charge in [0.25, 0.3) is 5.91 Å². The molecular weight excluding hydrogens is 304 g/mol. The molecule has 0 fully saturated rings. The van der Waals surface area contributed by atoms with Crippen LogP contribution in [-0.4, -0.2) is 25.3 Å². The van der Waals surface area contributed by atoms with E-state index in [1.54, 1.807) is 0 Å². The van der Waals surface area contributed by atoms with E-state index in [0.29, 0.717) is 18.7 Å². The van der Waals surface area contributed by atoms with Crippen LogP contribution in [0.15, 0.2) is 53.7 Å². The van der Waals surface area contributed by atoms with Gasteiger partial charge in [-0.1, -0.05) is 47.1 Å². The van der Waals surface area contributed by atoms with Gasteiger partial charge in [-0.05, 0) is 31.5 Å². The van der Waals surface area contributed by atoms with Crippen LogP contribution in [0.3, 0.4) is 0 Å². The highest BCUT2D eigenvalue weighted by Crippen LogP contribution is 2.17. The van der Waals surface area contributed by atoms with Gasteiger partial charge < -0.3 is 14.9 Å². The number of oxime groups is 1. The zero-order chi connectivity index (χ0) is 17.4. The molecule has 5 heteroatoms. The lowest BCUT2D eigenvalue weighted by atomic mass is 10.0. The largest absolute Gasteiger partial charge is 0.489 e. The summed E-state index contributed by atoms with van der Waals surface area (Å²) in [7, 11) is 1.42. The molecule has 0 aromatic heterocycles. The summed E-state index contributed by atoms with van der Waals surface area (Å²) in [5.74, 6) is 0.501. The molecule has 126 valence electrons. The smallest absolute Gasteiger partial charge is 0.273 e. The summed E-state index contributed by atoms with van der Waals surface area (Å²) in [5.41, 5.74) is 2.97. The second-order valence-corrected chi connectivity index (χ2v) is 5.24. The number of rotatable bonds is 7. The van der Waals surface area contributed by atoms with E-state index >= 15 is 0 Å². The SMILES string of the molecule is CCNC(=O)/C(=N\OC)c1ccccc1COc1ccc(C)cc1. The standard InChI is InChI=1S/C19H22N2O3/c1-4-20-19(22)18(21-23-3)17-8-6-5-7-15(17)13-24-16-11-9-14(2)10-12-16/h5-12H,4,13H2,1-3H3,(H,20,22)/b21-18-. The van der Waals surface area contributed by atoms with Gasteiger partial charge >= 0.3 is 0 Å². The molecule has 0 heterocycles. The molecule has 0 unspecified atom stereocenters. The molecule has 0 aliphatic rings. The van der Waals surface area contributed by atoms with Gasteiger partial charge in [-0.2, -0.15) is 0 Å². The third kappa shape index (κ3) is 4.59. The number of likely N-dealkylation sites (N-methyl/N-ethyl adjacent to an activating group) is 1. The number of carbonyl (C=O) groups is 1. The molecule has 0 aliphatic carbocycles. The molecule has 0 aliphatic heterocycles. The van der Waals surface area contributed by atoms with Crippen molar-refractivity contribution in [2.24, 2.45) is 5.16 Å². The number of nitrogens with zero attached hydrogens (tertiary/aromatic N) is 1. The minimum absolute atomic E-state index is 0.238. The van der Waals surface area contributed by atoms with Gasteiger partial charge in [0.2, 0.25) is 0 Å². The van der Waals surface area contributed by atoms with E-state index in [1.165, 1.54) is 12.7 Å². The minimum Gasteiger partial charge on any atom is -0.489 e. The molecule has 0 radical (unpaired) electrons. The predicted octanol–water partition coefficient (Wildman–Crippen LogP) is 3.06. The van der Waals surface area contributed by atoms with Gasteiger partial charge in [0.05, 0.1) is 0 Å². The maximum atomic E-state index is 12.2. The van der Waals surface area contributed by atoms with Crippen molar-refractivity contribution >= 4 is 11.6 Å². The summed E-state index contributed by atoms with van der Waals surface area (Å²) in [6.45, 7) is 4.73. The lowest BCUT2D eigenvalue weighted by Crippen LogP contribution is -2.32. The van der Waals surface area contributed by atoms with E-state index < -0.39 is 0 Å². The molecule has 2 rings (SSSR count). The maximum Gasteiger partial charge on any atom is 0.273 e. The van der Waals surface area contributed by atoms with Crippen LogP contribution in [0.5, 0.6) is 5.75 Å². The molecule has 0 atom stereocenters. The van der Waals surface area contributed by atoms with Crippen molar-refractivity contribution in [1.29, 1.82) is 0 Å². The molecule has 0 spiro atoms. The fraction of sp³-hybridized carbons (Fsp3) is 0.263. The first-order chi connectivity index (χ1) is 11.7. The zero-order valence-electron chi connectivity index (χ0n) is 14.2. The highest BCUT2D eigenvalue weighted by molar-refractivity contribution is 6.45. The number of aryl methyl sites for hydroxylation is 1. The average molecular weight is 326 g/mol. The fourth-order valence-corrected chi connectivity index (χ4v) is 2.22. The van der Waals surface area contributed by atoms with Crippen LogP contribution >= 0.6 is 0 Å². The van der Waals surface area contributed by atoms with Crippen molar-refractivity contribution in [3.05, 3.63) is 65.2 Å². The van der Waals surface area contributed by atoms with Crippen LogP contribution in [0.2, 0.25) is 0 Å². The van der Waals surface area contributed by atoms with Crippen molar-refractivity contribution < 1.29 is 14.4 Å². The normalized spacial score (nSPS) is 11.0. The maximum absolute atomic E-state index is 12.2. The summed E-state index contributed by atoms with van der Waals surface area (Å²) in [4.78, 5) is 17.1. The van der Waals surface area contributed by atoms with Gasteiger partial charge in [-0.3, -0.25) is 4.79 Å². The Hall–Kier alpha value is -2.82. The van der Waals surface area contributed by atoms with E-state index in [0.717, 1.165) is 11.3 Å². The number of amides is 1. The van der Waals surface area contributed by atoms with E-state index in [9.17, 15) is 4.79 Å². The average Bonchev–Trinajstić information content (AvgIpc) is 2.60. The van der Waals surface area contributed by atoms with E-state index in [4.69, 9.17) is 9.57 Å². The zero-order valence-corrected chi connectivity index (χ0v) is 14.2. The Balaban J connectivity index is 2.23. The Labute approximate surface area is 142 Å². The molecular formula is C19H22N2O3. The Kier molecular flexibility index (Phi) is 6.37. The highest BCUT2D eigenvalue weighted by atomic mass is 16.6. The van der Waals surface area contributed by atoms with Crippen molar-refractivity contribution in [1.82, 2.24) is 5.32 Å². The molecule has 2 aromatic rings. The third-order valence-corrected chi connectivity index (χ3v) is 3.42. The van der Waals surface area contributed by atoms with Crippen LogP contribution in [0.4, 0.5) is 0 Å². The second kappa shape index (κ2) is 8.72. The highest BCUT2D eigenvalue weighted by Gasteiger charge is 2.18. The summed E-state index contributed by atoms with van der Waals surface area (Å²) in [6, 6.07) is 15.3. The quantitative estimate of drug-likeness (QED) is 0.628. The molecule has 0 bridgehead atoms. The molecule has 1 amide bonds. The predicted molar refractivity (Wildman–Crippen MR) is 94.2 cm³/mol. The Morgan fingerprint density at radius 1 is 1.12 bits per heavy atom. The van der Waals surface area contributed by atoms with E-state index in [-0.39, 0.29) is 11.6 Å². The van der Waals surface area contributed by atoms with Crippen molar-refractivity contribution in [3.63, 3.8) is 0 Å². The van der Waals surface area contributed by atoms with Gasteiger partial charge in [0.1, 0.15) is 19.5 Å². The van der Waals surface area contributed by atoms with Crippen molar-refractivity contribution in [2.75, 3.05) is 13.7 Å². The lowest BCUT2D eigenvalue weighted by Gasteiger charge is -2.12. The fourth-order valence-electron chi connectivity index (χ4n) is 2.22. The molecule has 5 nitrogen and oxygen atoms in total. The summed E-state index contributed by atoms with van der Waals surface area (Å²) >= 11 is 0. The minimum atomic E-state index is -0.276. The van der Waals surface area contributed by atoms with Crippen LogP contribution < -0.4 is 10.1 Å². The number of benzene rings is 2. The number of hydrogen-bond donors (Lipinski definition) is 1. The molecule has 0 saturated heterocycles. The summed E-state index contributed by atoms with van der Waals surface area (Å²) in [6.07, 6.45) is 0. The Morgan fingerprint density at radius 3 is 2.50 bits per heavy atom. The first-order valence-corrected chi connectivity index (χ1v) is 7.82. The number of carbonyl (C=O) groups excluding carboxylic acids is 1. The first-order valence-electron chi connectivity index (χ1n) is 7.82. The first kappa shape index (κ1) is 17.5. The molecule has 24 heavy (non-hydrogen) atoms. The van der Waals surface area contributed by atoms with Gasteiger partial charge in [-0.15, -0.1) is 0 Å².